The molecule has 1 aromatic carbocycles. The van der Waals surface area contributed by atoms with Crippen molar-refractivity contribution in [3.63, 3.8) is 0 Å². The molecule has 2 rings (SSSR count). The van der Waals surface area contributed by atoms with E-state index in [1.165, 1.54) is 6.07 Å². The maximum atomic E-state index is 10.7. The van der Waals surface area contributed by atoms with Crippen LogP contribution in [0.1, 0.15) is 19.8 Å². The summed E-state index contributed by atoms with van der Waals surface area (Å²) in [7, 11) is 0. The number of nitrogens with zero attached hydrogens (tertiary/aromatic N) is 1. The molecule has 2 unspecified atom stereocenters. The molecule has 1 aliphatic rings. The van der Waals surface area contributed by atoms with E-state index in [1.807, 2.05) is 0 Å². The van der Waals surface area contributed by atoms with Crippen molar-refractivity contribution in [2.75, 3.05) is 11.9 Å². The van der Waals surface area contributed by atoms with E-state index in [9.17, 15) is 10.1 Å². The summed E-state index contributed by atoms with van der Waals surface area (Å²) in [5, 5.41) is 13.9. The van der Waals surface area contributed by atoms with Gasteiger partial charge in [-0.1, -0.05) is 0 Å². The van der Waals surface area contributed by atoms with E-state index < -0.39 is 4.92 Å². The third-order valence-electron chi connectivity index (χ3n) is 3.00. The highest BCUT2D eigenvalue weighted by molar-refractivity contribution is 9.10. The van der Waals surface area contributed by atoms with Gasteiger partial charge in [-0.05, 0) is 47.8 Å². The molecule has 0 aliphatic carbocycles. The molecule has 2 atom stereocenters. The first-order chi connectivity index (χ1) is 8.56. The molecule has 0 spiro atoms. The lowest BCUT2D eigenvalue weighted by atomic mass is 10.2. The van der Waals surface area contributed by atoms with Crippen molar-refractivity contribution in [3.05, 3.63) is 32.8 Å². The summed E-state index contributed by atoms with van der Waals surface area (Å²) >= 11 is 3.20. The number of rotatable bonds is 4. The molecule has 5 nitrogen and oxygen atoms in total. The first kappa shape index (κ1) is 13.3. The van der Waals surface area contributed by atoms with Crippen molar-refractivity contribution in [2.24, 2.45) is 0 Å². The lowest BCUT2D eigenvalue weighted by molar-refractivity contribution is -0.385. The predicted molar refractivity (Wildman–Crippen MR) is 72.9 cm³/mol. The zero-order valence-electron chi connectivity index (χ0n) is 10.1. The van der Waals surface area contributed by atoms with Crippen LogP contribution in [0.15, 0.2) is 22.7 Å². The van der Waals surface area contributed by atoms with Crippen molar-refractivity contribution in [2.45, 2.75) is 32.0 Å². The Bertz CT molecular complexity index is 453. The number of hydrogen-bond acceptors (Lipinski definition) is 4. The highest BCUT2D eigenvalue weighted by Crippen LogP contribution is 2.28. The molecule has 1 fully saturated rings. The topological polar surface area (TPSA) is 64.4 Å². The maximum absolute atomic E-state index is 10.7. The number of hydrogen-bond donors (Lipinski definition) is 1. The number of nitro benzene ring substituents is 1. The normalized spacial score (nSPS) is 23.0. The van der Waals surface area contributed by atoms with E-state index >= 15 is 0 Å². The van der Waals surface area contributed by atoms with Gasteiger partial charge in [-0.2, -0.15) is 0 Å². The van der Waals surface area contributed by atoms with E-state index in [0.29, 0.717) is 10.6 Å². The maximum Gasteiger partial charge on any atom is 0.283 e. The minimum absolute atomic E-state index is 0.0753. The van der Waals surface area contributed by atoms with Gasteiger partial charge in [0.05, 0.1) is 21.6 Å². The van der Waals surface area contributed by atoms with Crippen molar-refractivity contribution in [1.29, 1.82) is 0 Å². The largest absolute Gasteiger partial charge is 0.382 e. The second-order valence-corrected chi connectivity index (χ2v) is 5.30. The summed E-state index contributed by atoms with van der Waals surface area (Å²) < 4.78 is 6.18. The van der Waals surface area contributed by atoms with Gasteiger partial charge in [0, 0.05) is 18.3 Å². The third-order valence-corrected chi connectivity index (χ3v) is 3.63. The van der Waals surface area contributed by atoms with Gasteiger partial charge in [0.1, 0.15) is 0 Å². The lowest BCUT2D eigenvalue weighted by Crippen LogP contribution is -2.19. The van der Waals surface area contributed by atoms with Gasteiger partial charge >= 0.3 is 0 Å². The lowest BCUT2D eigenvalue weighted by Gasteiger charge is -2.13. The number of nitro groups is 1. The fourth-order valence-corrected chi connectivity index (χ4v) is 2.56. The standard InChI is InChI=1S/C12H15BrN2O3/c1-8-2-4-10(18-8)7-14-9-3-5-12(15(16)17)11(13)6-9/h3,5-6,8,10,14H,2,4,7H2,1H3. The second-order valence-electron chi connectivity index (χ2n) is 4.45. The molecule has 1 N–H and O–H groups in total. The quantitative estimate of drug-likeness (QED) is 0.684. The summed E-state index contributed by atoms with van der Waals surface area (Å²) in [6, 6.07) is 4.92. The molecule has 1 saturated heterocycles. The average molecular weight is 315 g/mol. The van der Waals surface area contributed by atoms with Crippen molar-refractivity contribution >= 4 is 27.3 Å². The summed E-state index contributed by atoms with van der Waals surface area (Å²) in [6.07, 6.45) is 2.72. The van der Waals surface area contributed by atoms with Crippen LogP contribution < -0.4 is 5.32 Å². The van der Waals surface area contributed by atoms with Crippen LogP contribution in [0.2, 0.25) is 0 Å². The Balaban J connectivity index is 1.94. The molecule has 0 aromatic heterocycles. The minimum Gasteiger partial charge on any atom is -0.382 e. The van der Waals surface area contributed by atoms with Crippen LogP contribution in [-0.2, 0) is 4.74 Å². The van der Waals surface area contributed by atoms with Crippen molar-refractivity contribution in [3.8, 4) is 0 Å². The van der Waals surface area contributed by atoms with Gasteiger partial charge in [-0.25, -0.2) is 0 Å². The molecule has 0 saturated carbocycles. The number of anilines is 1. The Hall–Kier alpha value is -1.14. The molecule has 1 heterocycles. The molecule has 0 radical (unpaired) electrons. The molecule has 6 heteroatoms. The van der Waals surface area contributed by atoms with Gasteiger partial charge in [-0.3, -0.25) is 10.1 Å². The molecule has 0 amide bonds. The van der Waals surface area contributed by atoms with Gasteiger partial charge < -0.3 is 10.1 Å². The molecule has 98 valence electrons. The Morgan fingerprint density at radius 3 is 2.89 bits per heavy atom. The number of nitrogens with one attached hydrogen (secondary N) is 1. The van der Waals surface area contributed by atoms with E-state index in [-0.39, 0.29) is 11.8 Å². The van der Waals surface area contributed by atoms with Gasteiger partial charge in [0.25, 0.3) is 5.69 Å². The van der Waals surface area contributed by atoms with E-state index in [2.05, 4.69) is 28.2 Å². The monoisotopic (exact) mass is 314 g/mol. The Labute approximate surface area is 114 Å². The third kappa shape index (κ3) is 3.20. The Morgan fingerprint density at radius 1 is 1.56 bits per heavy atom. The summed E-state index contributed by atoms with van der Waals surface area (Å²) in [5.41, 5.74) is 0.932. The first-order valence-electron chi connectivity index (χ1n) is 5.89. The second kappa shape index (κ2) is 5.67. The molecule has 1 aromatic rings. The van der Waals surface area contributed by atoms with Gasteiger partial charge in [-0.15, -0.1) is 0 Å². The van der Waals surface area contributed by atoms with Crippen LogP contribution in [0.4, 0.5) is 11.4 Å². The SMILES string of the molecule is CC1CCC(CNc2ccc([N+](=O)[O-])c(Br)c2)O1. The molecule has 18 heavy (non-hydrogen) atoms. The van der Waals surface area contributed by atoms with Crippen LogP contribution in [0.5, 0.6) is 0 Å². The minimum atomic E-state index is -0.407. The number of ether oxygens (including phenoxy) is 1. The van der Waals surface area contributed by atoms with Crippen LogP contribution in [0.25, 0.3) is 0 Å². The highest BCUT2D eigenvalue weighted by atomic mass is 79.9. The molecular weight excluding hydrogens is 300 g/mol. The van der Waals surface area contributed by atoms with E-state index in [1.54, 1.807) is 12.1 Å². The first-order valence-corrected chi connectivity index (χ1v) is 6.69. The van der Waals surface area contributed by atoms with Crippen LogP contribution >= 0.6 is 15.9 Å². The fourth-order valence-electron chi connectivity index (χ4n) is 2.03. The summed E-state index contributed by atoms with van der Waals surface area (Å²) in [6.45, 7) is 2.80. The van der Waals surface area contributed by atoms with Gasteiger partial charge in [0.2, 0.25) is 0 Å². The zero-order chi connectivity index (χ0) is 13.1. The molecule has 0 bridgehead atoms. The zero-order valence-corrected chi connectivity index (χ0v) is 11.6. The average Bonchev–Trinajstić information content (AvgIpc) is 2.72. The van der Waals surface area contributed by atoms with Crippen LogP contribution in [-0.4, -0.2) is 23.7 Å². The number of halogens is 1. The Morgan fingerprint density at radius 2 is 2.33 bits per heavy atom. The predicted octanol–water partition coefficient (Wildman–Crippen LogP) is 3.34. The van der Waals surface area contributed by atoms with Gasteiger partial charge in [0.15, 0.2) is 0 Å². The van der Waals surface area contributed by atoms with Crippen molar-refractivity contribution < 1.29 is 9.66 Å². The number of benzene rings is 1. The van der Waals surface area contributed by atoms with Crippen LogP contribution in [0.3, 0.4) is 0 Å². The molecule has 1 aliphatic heterocycles. The van der Waals surface area contributed by atoms with Crippen LogP contribution in [0, 0.1) is 10.1 Å². The molecular formula is C12H15BrN2O3. The smallest absolute Gasteiger partial charge is 0.283 e. The highest BCUT2D eigenvalue weighted by Gasteiger charge is 2.21. The summed E-state index contributed by atoms with van der Waals surface area (Å²) in [5.74, 6) is 0. The Kier molecular flexibility index (Phi) is 4.19. The van der Waals surface area contributed by atoms with E-state index in [4.69, 9.17) is 4.74 Å². The summed E-state index contributed by atoms with van der Waals surface area (Å²) in [4.78, 5) is 10.3. The fraction of sp³-hybridized carbons (Fsp3) is 0.500. The van der Waals surface area contributed by atoms with E-state index in [0.717, 1.165) is 25.1 Å². The van der Waals surface area contributed by atoms with Crippen molar-refractivity contribution in [1.82, 2.24) is 0 Å².